The summed E-state index contributed by atoms with van der Waals surface area (Å²) in [4.78, 5) is 27.9. The molecule has 6 nitrogen and oxygen atoms in total. The number of allylic oxidation sites excluding steroid dienone is 1. The monoisotopic (exact) mass is 535 g/mol. The predicted octanol–water partition coefficient (Wildman–Crippen LogP) is 5.74. The first-order chi connectivity index (χ1) is 18.4. The van der Waals surface area contributed by atoms with E-state index in [0.717, 1.165) is 47.1 Å². The molecule has 0 saturated carbocycles. The molecule has 2 aliphatic heterocycles. The normalized spacial score (nSPS) is 25.2. The number of likely N-dealkylation sites (tertiary alicyclic amines) is 1. The van der Waals surface area contributed by atoms with Gasteiger partial charge in [0.2, 0.25) is 11.8 Å². The van der Waals surface area contributed by atoms with Gasteiger partial charge >= 0.3 is 0 Å². The third kappa shape index (κ3) is 5.05. The summed E-state index contributed by atoms with van der Waals surface area (Å²) in [5.74, 6) is -0.696. The van der Waals surface area contributed by atoms with Gasteiger partial charge in [-0.25, -0.2) is 0 Å². The number of fused-ring (bicyclic) bond motifs is 3. The summed E-state index contributed by atoms with van der Waals surface area (Å²) >= 11 is 6.43. The van der Waals surface area contributed by atoms with Crippen molar-refractivity contribution in [2.45, 2.75) is 38.7 Å². The molecular formula is C31H34ClNO5. The van der Waals surface area contributed by atoms with Crippen LogP contribution in [0, 0.1) is 17.8 Å². The Morgan fingerprint density at radius 3 is 2.66 bits per heavy atom. The van der Waals surface area contributed by atoms with Crippen molar-refractivity contribution < 1.29 is 24.2 Å². The fourth-order valence-electron chi connectivity index (χ4n) is 6.35. The minimum atomic E-state index is -0.338. The average molecular weight is 536 g/mol. The minimum Gasteiger partial charge on any atom is -0.508 e. The highest BCUT2D eigenvalue weighted by Crippen LogP contribution is 2.50. The molecule has 7 heteroatoms. The zero-order valence-corrected chi connectivity index (χ0v) is 22.6. The Labute approximate surface area is 228 Å². The number of methoxy groups -OCH3 is 1. The zero-order chi connectivity index (χ0) is 26.8. The van der Waals surface area contributed by atoms with Gasteiger partial charge in [-0.15, -0.1) is 0 Å². The van der Waals surface area contributed by atoms with Crippen molar-refractivity contribution in [1.29, 1.82) is 0 Å². The van der Waals surface area contributed by atoms with E-state index in [1.54, 1.807) is 19.2 Å². The smallest absolute Gasteiger partial charge is 0.233 e. The van der Waals surface area contributed by atoms with E-state index in [1.165, 1.54) is 4.90 Å². The number of halogens is 1. The van der Waals surface area contributed by atoms with Crippen molar-refractivity contribution in [2.75, 3.05) is 26.9 Å². The molecule has 0 bridgehead atoms. The number of carbonyl (C=O) groups excluding carboxylic acids is 2. The summed E-state index contributed by atoms with van der Waals surface area (Å²) in [6.07, 6.45) is 4.69. The lowest BCUT2D eigenvalue weighted by Crippen LogP contribution is -2.35. The first kappa shape index (κ1) is 26.7. The maximum Gasteiger partial charge on any atom is 0.233 e. The van der Waals surface area contributed by atoms with Crippen molar-refractivity contribution in [1.82, 2.24) is 4.90 Å². The summed E-state index contributed by atoms with van der Waals surface area (Å²) < 4.78 is 11.9. The van der Waals surface area contributed by atoms with Crippen LogP contribution in [-0.2, 0) is 19.1 Å². The number of amides is 2. The number of nitrogens with zero attached hydrogens (tertiary/aromatic N) is 1. The topological polar surface area (TPSA) is 76.1 Å². The Morgan fingerprint density at radius 1 is 1.16 bits per heavy atom. The molecule has 5 rings (SSSR count). The highest BCUT2D eigenvalue weighted by atomic mass is 35.5. The van der Waals surface area contributed by atoms with Crippen LogP contribution < -0.4 is 0 Å². The van der Waals surface area contributed by atoms with Gasteiger partial charge in [0.05, 0.1) is 36.2 Å². The van der Waals surface area contributed by atoms with Crippen LogP contribution in [0.3, 0.4) is 0 Å². The van der Waals surface area contributed by atoms with Crippen LogP contribution >= 0.6 is 11.6 Å². The SMILES string of the molecule is CCCN1C(=O)[C@@H]2[C@@H](CC(COC)=C3[C@@H](CC/C(=C/c4ccc(O)cc4Cl)c4ccccc4)OC[C@@H]32)C1=O. The summed E-state index contributed by atoms with van der Waals surface area (Å²) in [5.41, 5.74) is 5.29. The Morgan fingerprint density at radius 2 is 1.95 bits per heavy atom. The maximum absolute atomic E-state index is 13.3. The van der Waals surface area contributed by atoms with Gasteiger partial charge in [-0.2, -0.15) is 0 Å². The summed E-state index contributed by atoms with van der Waals surface area (Å²) in [6, 6.07) is 15.1. The number of carbonyl (C=O) groups is 2. The molecule has 2 amide bonds. The zero-order valence-electron chi connectivity index (χ0n) is 21.9. The molecule has 2 fully saturated rings. The Bertz CT molecular complexity index is 1270. The van der Waals surface area contributed by atoms with Crippen LogP contribution in [0.2, 0.25) is 5.02 Å². The number of phenolic OH excluding ortho intramolecular Hbond substituents is 1. The summed E-state index contributed by atoms with van der Waals surface area (Å²) in [5, 5.41) is 10.3. The van der Waals surface area contributed by atoms with E-state index in [0.29, 0.717) is 31.2 Å². The summed E-state index contributed by atoms with van der Waals surface area (Å²) in [7, 11) is 1.67. The molecule has 3 aliphatic rings. The number of aromatic hydroxyl groups is 1. The first-order valence-electron chi connectivity index (χ1n) is 13.3. The van der Waals surface area contributed by atoms with Gasteiger partial charge in [-0.05, 0) is 77.8 Å². The van der Waals surface area contributed by atoms with Crippen LogP contribution in [0.25, 0.3) is 11.6 Å². The molecule has 38 heavy (non-hydrogen) atoms. The van der Waals surface area contributed by atoms with Gasteiger partial charge in [0.25, 0.3) is 0 Å². The van der Waals surface area contributed by atoms with Crippen LogP contribution in [0.15, 0.2) is 59.7 Å². The van der Waals surface area contributed by atoms with Crippen LogP contribution in [0.5, 0.6) is 5.75 Å². The van der Waals surface area contributed by atoms with Gasteiger partial charge in [0, 0.05) is 19.6 Å². The van der Waals surface area contributed by atoms with Gasteiger partial charge < -0.3 is 14.6 Å². The molecule has 2 aromatic rings. The van der Waals surface area contributed by atoms with Crippen LogP contribution in [-0.4, -0.2) is 54.8 Å². The maximum atomic E-state index is 13.3. The van der Waals surface area contributed by atoms with Gasteiger partial charge in [0.1, 0.15) is 5.75 Å². The number of hydrogen-bond donors (Lipinski definition) is 1. The molecule has 1 N–H and O–H groups in total. The van der Waals surface area contributed by atoms with Crippen LogP contribution in [0.4, 0.5) is 0 Å². The number of hydrogen-bond acceptors (Lipinski definition) is 5. The Kier molecular flexibility index (Phi) is 8.03. The number of ether oxygens (including phenoxy) is 2. The average Bonchev–Trinajstić information content (AvgIpc) is 3.43. The van der Waals surface area contributed by atoms with Crippen molar-refractivity contribution in [3.8, 4) is 5.75 Å². The van der Waals surface area contributed by atoms with E-state index in [4.69, 9.17) is 21.1 Å². The van der Waals surface area contributed by atoms with Gasteiger partial charge in [-0.1, -0.05) is 48.9 Å². The summed E-state index contributed by atoms with van der Waals surface area (Å²) in [6.45, 7) is 3.35. The fraction of sp³-hybridized carbons (Fsp3) is 0.419. The van der Waals surface area contributed by atoms with E-state index >= 15 is 0 Å². The molecule has 4 atom stereocenters. The standard InChI is InChI=1S/C31H34ClNO5/c1-3-13-33-30(35)24-15-22(17-37-2)28-25(29(24)31(33)36)18-38-27(28)12-10-20(19-7-5-4-6-8-19)14-21-9-11-23(34)16-26(21)32/h4-9,11,14,16,24-25,27,29,34H,3,10,12-13,15,17-18H2,1-2H3/b20-14-/t24-,25+,27-,29-/m1/s1. The molecule has 0 spiro atoms. The van der Waals surface area contributed by atoms with E-state index < -0.39 is 0 Å². The van der Waals surface area contributed by atoms with E-state index in [1.807, 2.05) is 31.2 Å². The minimum absolute atomic E-state index is 0.0435. The largest absolute Gasteiger partial charge is 0.508 e. The van der Waals surface area contributed by atoms with Gasteiger partial charge in [-0.3, -0.25) is 14.5 Å². The molecule has 2 aromatic carbocycles. The van der Waals surface area contributed by atoms with E-state index in [-0.39, 0.29) is 41.4 Å². The number of imide groups is 1. The van der Waals surface area contributed by atoms with Crippen molar-refractivity contribution >= 4 is 35.1 Å². The molecule has 0 radical (unpaired) electrons. The Balaban J connectivity index is 1.43. The van der Waals surface area contributed by atoms with Crippen molar-refractivity contribution in [3.05, 3.63) is 75.8 Å². The van der Waals surface area contributed by atoms with Crippen molar-refractivity contribution in [3.63, 3.8) is 0 Å². The molecule has 0 unspecified atom stereocenters. The lowest BCUT2D eigenvalue weighted by atomic mass is 9.69. The van der Waals surface area contributed by atoms with E-state index in [2.05, 4.69) is 18.2 Å². The van der Waals surface area contributed by atoms with E-state index in [9.17, 15) is 14.7 Å². The number of phenols is 1. The third-order valence-electron chi connectivity index (χ3n) is 8.00. The predicted molar refractivity (Wildman–Crippen MR) is 147 cm³/mol. The lowest BCUT2D eigenvalue weighted by molar-refractivity contribution is -0.140. The molecule has 2 heterocycles. The number of benzene rings is 2. The molecule has 1 aliphatic carbocycles. The third-order valence-corrected chi connectivity index (χ3v) is 8.33. The second-order valence-electron chi connectivity index (χ2n) is 10.4. The number of rotatable bonds is 9. The molecule has 200 valence electrons. The van der Waals surface area contributed by atoms with Crippen LogP contribution in [0.1, 0.15) is 43.7 Å². The first-order valence-corrected chi connectivity index (χ1v) is 13.7. The molecule has 2 saturated heterocycles. The highest BCUT2D eigenvalue weighted by molar-refractivity contribution is 6.32. The van der Waals surface area contributed by atoms with Gasteiger partial charge in [0.15, 0.2) is 0 Å². The fourth-order valence-corrected chi connectivity index (χ4v) is 6.58. The second kappa shape index (κ2) is 11.4. The van der Waals surface area contributed by atoms with Crippen molar-refractivity contribution in [2.24, 2.45) is 17.8 Å². The molecular weight excluding hydrogens is 502 g/mol. The second-order valence-corrected chi connectivity index (χ2v) is 10.8. The Hall–Kier alpha value is -2.93. The molecule has 0 aromatic heterocycles. The quantitative estimate of drug-likeness (QED) is 0.252. The lowest BCUT2D eigenvalue weighted by Gasteiger charge is -2.31. The highest BCUT2D eigenvalue weighted by Gasteiger charge is 2.56.